The molecule has 0 aliphatic carbocycles. The molecule has 0 aromatic carbocycles. The number of nitrogens with one attached hydrogen (secondary N) is 5. The van der Waals surface area contributed by atoms with Crippen molar-refractivity contribution in [3.8, 4) is 0 Å². The first kappa shape index (κ1) is 26.3. The van der Waals surface area contributed by atoms with Gasteiger partial charge in [0.05, 0.1) is 6.61 Å². The van der Waals surface area contributed by atoms with Crippen LogP contribution in [0.1, 0.15) is 48.5 Å². The van der Waals surface area contributed by atoms with Gasteiger partial charge in [0.25, 0.3) is 0 Å². The van der Waals surface area contributed by atoms with E-state index in [-0.39, 0.29) is 30.4 Å². The molecule has 1 aliphatic heterocycles. The highest BCUT2D eigenvalue weighted by Crippen LogP contribution is 2.13. The number of hydrogen-bond acceptors (Lipinski definition) is 7. The van der Waals surface area contributed by atoms with Crippen molar-refractivity contribution < 1.29 is 28.7 Å². The van der Waals surface area contributed by atoms with Crippen LogP contribution < -0.4 is 26.8 Å². The number of ketones is 1. The van der Waals surface area contributed by atoms with E-state index in [4.69, 9.17) is 4.74 Å². The lowest BCUT2D eigenvalue weighted by Gasteiger charge is -2.29. The number of rotatable bonds is 8. The molecule has 1 rings (SSSR count). The summed E-state index contributed by atoms with van der Waals surface area (Å²) in [6.07, 6.45) is -0.723. The van der Waals surface area contributed by atoms with Crippen LogP contribution in [0.15, 0.2) is 0 Å². The van der Waals surface area contributed by atoms with Crippen LogP contribution in [0.3, 0.4) is 0 Å². The summed E-state index contributed by atoms with van der Waals surface area (Å²) >= 11 is 0. The molecule has 3 unspecified atom stereocenters. The second-order valence-electron chi connectivity index (χ2n) is 9.49. The van der Waals surface area contributed by atoms with Crippen molar-refractivity contribution in [1.29, 1.82) is 0 Å². The summed E-state index contributed by atoms with van der Waals surface area (Å²) in [6.45, 7) is 12.9. The fourth-order valence-corrected chi connectivity index (χ4v) is 2.69. The van der Waals surface area contributed by atoms with Gasteiger partial charge in [-0.15, -0.1) is 0 Å². The van der Waals surface area contributed by atoms with Gasteiger partial charge >= 0.3 is 12.0 Å². The lowest BCUT2D eigenvalue weighted by molar-refractivity contribution is -0.143. The summed E-state index contributed by atoms with van der Waals surface area (Å²) in [5.41, 5.74) is 4.47. The van der Waals surface area contributed by atoms with Crippen molar-refractivity contribution in [3.63, 3.8) is 0 Å². The minimum absolute atomic E-state index is 0.0326. The van der Waals surface area contributed by atoms with Gasteiger partial charge in [-0.05, 0) is 17.3 Å². The number of ether oxygens (including phenoxy) is 1. The third kappa shape index (κ3) is 8.52. The molecule has 5 N–H and O–H groups in total. The number of carbonyl (C=O) groups is 5. The van der Waals surface area contributed by atoms with Crippen LogP contribution >= 0.6 is 0 Å². The van der Waals surface area contributed by atoms with E-state index in [0.717, 1.165) is 0 Å². The Morgan fingerprint density at radius 1 is 1.00 bits per heavy atom. The predicted molar refractivity (Wildman–Crippen MR) is 112 cm³/mol. The van der Waals surface area contributed by atoms with Gasteiger partial charge in [-0.3, -0.25) is 24.6 Å². The molecule has 1 saturated heterocycles. The molecular weight excluding hydrogens is 406 g/mol. The molecule has 4 amide bonds. The zero-order chi connectivity index (χ0) is 23.9. The van der Waals surface area contributed by atoms with Gasteiger partial charge in [-0.25, -0.2) is 10.2 Å². The van der Waals surface area contributed by atoms with Gasteiger partial charge in [0.15, 0.2) is 0 Å². The molecule has 31 heavy (non-hydrogen) atoms. The zero-order valence-corrected chi connectivity index (χ0v) is 19.3. The Hall–Kier alpha value is -2.69. The number of Topliss-reactive ketones (excluding diaryl/α,β-unsaturated/α-hetero) is 1. The minimum Gasteiger partial charge on any atom is -0.449 e. The summed E-state index contributed by atoms with van der Waals surface area (Å²) in [5.74, 6) is -3.36. The second kappa shape index (κ2) is 11.1. The fraction of sp³-hybridized carbons (Fsp3) is 0.750. The summed E-state index contributed by atoms with van der Waals surface area (Å²) in [7, 11) is 0. The standard InChI is InChI=1S/C20H35N5O6/c1-10(2)13(16(27)22-12-8-21-25-18(29)15(12)26)23-17(28)14(11(3)4)24-19(30)31-9-20(5,6)7/h10-14,21H,8-9H2,1-7H3,(H,22,27)(H,23,28)(H,24,30)(H,25,29). The molecule has 1 fully saturated rings. The Bertz CT molecular complexity index is 701. The van der Waals surface area contributed by atoms with Crippen molar-refractivity contribution in [2.24, 2.45) is 17.3 Å². The maximum Gasteiger partial charge on any atom is 0.407 e. The molecule has 1 aliphatic rings. The quantitative estimate of drug-likeness (QED) is 0.321. The first-order chi connectivity index (χ1) is 14.2. The van der Waals surface area contributed by atoms with Crippen LogP contribution in [0, 0.1) is 17.3 Å². The highest BCUT2D eigenvalue weighted by atomic mass is 16.5. The lowest BCUT2D eigenvalue weighted by Crippen LogP contribution is -2.64. The number of carbonyl (C=O) groups excluding carboxylic acids is 5. The topological polar surface area (TPSA) is 155 Å². The maximum absolute atomic E-state index is 12.8. The summed E-state index contributed by atoms with van der Waals surface area (Å²) < 4.78 is 5.17. The van der Waals surface area contributed by atoms with Crippen LogP contribution in [-0.4, -0.2) is 60.9 Å². The highest BCUT2D eigenvalue weighted by Gasteiger charge is 2.35. The van der Waals surface area contributed by atoms with Crippen LogP contribution in [0.5, 0.6) is 0 Å². The third-order valence-corrected chi connectivity index (χ3v) is 4.47. The van der Waals surface area contributed by atoms with Gasteiger partial charge in [-0.1, -0.05) is 48.5 Å². The van der Waals surface area contributed by atoms with E-state index in [1.165, 1.54) is 0 Å². The number of hydrazine groups is 1. The Kier molecular flexibility index (Phi) is 9.41. The monoisotopic (exact) mass is 441 g/mol. The van der Waals surface area contributed by atoms with E-state index in [1.807, 2.05) is 20.8 Å². The summed E-state index contributed by atoms with van der Waals surface area (Å²) in [5, 5.41) is 7.67. The Labute approximate surface area is 182 Å². The predicted octanol–water partition coefficient (Wildman–Crippen LogP) is -0.388. The number of amides is 4. The van der Waals surface area contributed by atoms with Gasteiger partial charge < -0.3 is 20.7 Å². The number of alkyl carbamates (subject to hydrolysis) is 1. The summed E-state index contributed by atoms with van der Waals surface area (Å²) in [6, 6.07) is -2.94. The normalized spacial score (nSPS) is 18.8. The van der Waals surface area contributed by atoms with Crippen molar-refractivity contribution in [1.82, 2.24) is 26.8 Å². The highest BCUT2D eigenvalue weighted by molar-refractivity contribution is 6.39. The molecule has 176 valence electrons. The molecule has 0 aromatic rings. The van der Waals surface area contributed by atoms with E-state index in [9.17, 15) is 24.0 Å². The van der Waals surface area contributed by atoms with E-state index in [2.05, 4.69) is 26.8 Å². The van der Waals surface area contributed by atoms with Crippen molar-refractivity contribution in [2.75, 3.05) is 13.2 Å². The molecule has 0 aromatic heterocycles. The van der Waals surface area contributed by atoms with E-state index < -0.39 is 47.7 Å². The Morgan fingerprint density at radius 3 is 2.06 bits per heavy atom. The minimum atomic E-state index is -1.04. The Balaban J connectivity index is 2.80. The smallest absolute Gasteiger partial charge is 0.407 e. The molecule has 0 spiro atoms. The maximum atomic E-state index is 12.8. The van der Waals surface area contributed by atoms with Gasteiger partial charge in [0, 0.05) is 6.54 Å². The Morgan fingerprint density at radius 2 is 1.55 bits per heavy atom. The number of hydrogen-bond donors (Lipinski definition) is 5. The molecule has 1 heterocycles. The largest absolute Gasteiger partial charge is 0.449 e. The molecular formula is C20H35N5O6. The summed E-state index contributed by atoms with van der Waals surface area (Å²) in [4.78, 5) is 61.0. The van der Waals surface area contributed by atoms with Crippen molar-refractivity contribution >= 4 is 29.6 Å². The van der Waals surface area contributed by atoms with E-state index in [1.54, 1.807) is 27.7 Å². The molecule has 11 heteroatoms. The second-order valence-corrected chi connectivity index (χ2v) is 9.49. The van der Waals surface area contributed by atoms with E-state index in [0.29, 0.717) is 0 Å². The van der Waals surface area contributed by atoms with Crippen molar-refractivity contribution in [2.45, 2.75) is 66.6 Å². The zero-order valence-electron chi connectivity index (χ0n) is 19.3. The van der Waals surface area contributed by atoms with Crippen LogP contribution in [-0.2, 0) is 23.9 Å². The molecule has 11 nitrogen and oxygen atoms in total. The van der Waals surface area contributed by atoms with Gasteiger partial charge in [-0.2, -0.15) is 0 Å². The third-order valence-electron chi connectivity index (χ3n) is 4.47. The molecule has 0 radical (unpaired) electrons. The van der Waals surface area contributed by atoms with Crippen LogP contribution in [0.25, 0.3) is 0 Å². The lowest BCUT2D eigenvalue weighted by atomic mass is 9.98. The SMILES string of the molecule is CC(C)C(NC(=O)OCC(C)(C)C)C(=O)NC(C(=O)NC1CNNC(=O)C1=O)C(C)C. The first-order valence-corrected chi connectivity index (χ1v) is 10.3. The average Bonchev–Trinajstić information content (AvgIpc) is 2.64. The average molecular weight is 442 g/mol. The first-order valence-electron chi connectivity index (χ1n) is 10.3. The molecule has 3 atom stereocenters. The molecule has 0 saturated carbocycles. The van der Waals surface area contributed by atoms with Crippen LogP contribution in [0.4, 0.5) is 4.79 Å². The molecule has 0 bridgehead atoms. The van der Waals surface area contributed by atoms with Gasteiger partial charge in [0.1, 0.15) is 18.1 Å². The van der Waals surface area contributed by atoms with Gasteiger partial charge in [0.2, 0.25) is 17.6 Å². The van der Waals surface area contributed by atoms with Crippen LogP contribution in [0.2, 0.25) is 0 Å². The van der Waals surface area contributed by atoms with E-state index >= 15 is 0 Å². The van der Waals surface area contributed by atoms with Crippen molar-refractivity contribution in [3.05, 3.63) is 0 Å². The fourth-order valence-electron chi connectivity index (χ4n) is 2.69.